The van der Waals surface area contributed by atoms with E-state index in [9.17, 15) is 14.4 Å². The van der Waals surface area contributed by atoms with Crippen LogP contribution in [-0.4, -0.2) is 65.6 Å². The molecule has 0 unspecified atom stereocenters. The van der Waals surface area contributed by atoms with Gasteiger partial charge in [0.1, 0.15) is 5.54 Å². The number of benzene rings is 1. The summed E-state index contributed by atoms with van der Waals surface area (Å²) in [6.07, 6.45) is 0.692. The molecule has 2 fully saturated rings. The fraction of sp³-hybridized carbons (Fsp3) is 0.471. The van der Waals surface area contributed by atoms with Crippen molar-refractivity contribution in [3.05, 3.63) is 35.4 Å². The average Bonchev–Trinajstić information content (AvgIpc) is 3.16. The number of esters is 1. The number of imide groups is 1. The molecule has 2 heterocycles. The minimum absolute atomic E-state index is 0.129. The van der Waals surface area contributed by atoms with Crippen molar-refractivity contribution >= 4 is 29.7 Å². The third-order valence-corrected chi connectivity index (χ3v) is 5.67. The number of hydrogen-bond donors (Lipinski definition) is 1. The van der Waals surface area contributed by atoms with Gasteiger partial charge in [0.2, 0.25) is 0 Å². The zero-order chi connectivity index (χ0) is 18.0. The molecule has 2 saturated heterocycles. The van der Waals surface area contributed by atoms with Gasteiger partial charge in [-0.1, -0.05) is 12.1 Å². The van der Waals surface area contributed by atoms with Gasteiger partial charge in [-0.15, -0.1) is 0 Å². The van der Waals surface area contributed by atoms with Crippen LogP contribution in [0.15, 0.2) is 24.3 Å². The normalized spacial score (nSPS) is 22.8. The summed E-state index contributed by atoms with van der Waals surface area (Å²) in [4.78, 5) is 39.5. The van der Waals surface area contributed by atoms with Gasteiger partial charge >= 0.3 is 12.0 Å². The second-order valence-corrected chi connectivity index (χ2v) is 7.50. The molecule has 25 heavy (non-hydrogen) atoms. The highest BCUT2D eigenvalue weighted by molar-refractivity contribution is 7.99. The monoisotopic (exact) mass is 363 g/mol. The fourth-order valence-electron chi connectivity index (χ4n) is 3.10. The number of nitrogens with one attached hydrogen (secondary N) is 1. The first kappa shape index (κ1) is 17.8. The van der Waals surface area contributed by atoms with Crippen LogP contribution in [0.3, 0.4) is 0 Å². The number of nitrogens with zero attached hydrogens (tertiary/aromatic N) is 2. The summed E-state index contributed by atoms with van der Waals surface area (Å²) < 4.78 is 4.68. The quantitative estimate of drug-likeness (QED) is 0.627. The summed E-state index contributed by atoms with van der Waals surface area (Å²) in [6, 6.07) is 6.76. The van der Waals surface area contributed by atoms with Crippen molar-refractivity contribution in [3.8, 4) is 0 Å². The van der Waals surface area contributed by atoms with Gasteiger partial charge in [0.25, 0.3) is 5.91 Å². The summed E-state index contributed by atoms with van der Waals surface area (Å²) in [7, 11) is 3.20. The highest BCUT2D eigenvalue weighted by atomic mass is 32.2. The highest BCUT2D eigenvalue weighted by Gasteiger charge is 2.52. The summed E-state index contributed by atoms with van der Waals surface area (Å²) >= 11 is 1.69. The van der Waals surface area contributed by atoms with Crippen molar-refractivity contribution in [1.29, 1.82) is 0 Å². The minimum Gasteiger partial charge on any atom is -0.465 e. The van der Waals surface area contributed by atoms with E-state index in [1.54, 1.807) is 23.9 Å². The third kappa shape index (κ3) is 3.50. The van der Waals surface area contributed by atoms with E-state index in [-0.39, 0.29) is 24.6 Å². The Morgan fingerprint density at radius 1 is 1.36 bits per heavy atom. The van der Waals surface area contributed by atoms with Crippen LogP contribution in [0.4, 0.5) is 4.79 Å². The molecule has 0 aromatic heterocycles. The minimum atomic E-state index is -0.704. The van der Waals surface area contributed by atoms with E-state index in [1.807, 2.05) is 24.1 Å². The SMILES string of the molecule is COC(=O)c1ccc(CN(C)CN2C(=O)N[C@]3(CCSC3)C2=O)cc1. The fourth-order valence-corrected chi connectivity index (χ4v) is 4.43. The predicted molar refractivity (Wildman–Crippen MR) is 94.2 cm³/mol. The molecule has 134 valence electrons. The Morgan fingerprint density at radius 3 is 2.68 bits per heavy atom. The molecular weight excluding hydrogens is 342 g/mol. The topological polar surface area (TPSA) is 79.0 Å². The maximum atomic E-state index is 12.6. The maximum absolute atomic E-state index is 12.6. The maximum Gasteiger partial charge on any atom is 0.337 e. The van der Waals surface area contributed by atoms with E-state index in [0.717, 1.165) is 11.3 Å². The van der Waals surface area contributed by atoms with Gasteiger partial charge in [-0.05, 0) is 36.9 Å². The van der Waals surface area contributed by atoms with Crippen LogP contribution >= 0.6 is 11.8 Å². The molecule has 2 aliphatic rings. The Labute approximate surface area is 150 Å². The molecular formula is C17H21N3O4S. The number of ether oxygens (including phenoxy) is 1. The molecule has 2 aliphatic heterocycles. The number of carbonyl (C=O) groups excluding carboxylic acids is 3. The predicted octanol–water partition coefficient (Wildman–Crippen LogP) is 1.29. The molecule has 0 bridgehead atoms. The van der Waals surface area contributed by atoms with Gasteiger partial charge in [-0.2, -0.15) is 11.8 Å². The van der Waals surface area contributed by atoms with Gasteiger partial charge in [-0.3, -0.25) is 9.69 Å². The molecule has 1 N–H and O–H groups in total. The van der Waals surface area contributed by atoms with Crippen LogP contribution in [0, 0.1) is 0 Å². The van der Waals surface area contributed by atoms with Crippen molar-refractivity contribution in [2.75, 3.05) is 32.3 Å². The molecule has 0 aliphatic carbocycles. The summed E-state index contributed by atoms with van der Waals surface area (Å²) in [5.41, 5.74) is 0.766. The van der Waals surface area contributed by atoms with E-state index in [1.165, 1.54) is 12.0 Å². The van der Waals surface area contributed by atoms with E-state index in [0.29, 0.717) is 24.3 Å². The molecule has 8 heteroatoms. The van der Waals surface area contributed by atoms with Gasteiger partial charge in [-0.25, -0.2) is 14.5 Å². The summed E-state index contributed by atoms with van der Waals surface area (Å²) in [5, 5.41) is 2.86. The van der Waals surface area contributed by atoms with Crippen LogP contribution < -0.4 is 5.32 Å². The smallest absolute Gasteiger partial charge is 0.337 e. The Morgan fingerprint density at radius 2 is 2.08 bits per heavy atom. The van der Waals surface area contributed by atoms with E-state index >= 15 is 0 Å². The largest absolute Gasteiger partial charge is 0.465 e. The second-order valence-electron chi connectivity index (χ2n) is 6.39. The number of urea groups is 1. The molecule has 1 aromatic carbocycles. The lowest BCUT2D eigenvalue weighted by molar-refractivity contribution is -0.131. The zero-order valence-corrected chi connectivity index (χ0v) is 15.1. The van der Waals surface area contributed by atoms with Crippen LogP contribution in [0.5, 0.6) is 0 Å². The van der Waals surface area contributed by atoms with Crippen molar-refractivity contribution in [1.82, 2.24) is 15.1 Å². The Bertz CT molecular complexity index is 686. The van der Waals surface area contributed by atoms with Gasteiger partial charge < -0.3 is 10.1 Å². The molecule has 0 saturated carbocycles. The van der Waals surface area contributed by atoms with Gasteiger partial charge in [0.05, 0.1) is 19.3 Å². The average molecular weight is 363 g/mol. The number of thioether (sulfide) groups is 1. The van der Waals surface area contributed by atoms with E-state index in [2.05, 4.69) is 10.1 Å². The Hall–Kier alpha value is -2.06. The molecule has 1 spiro atoms. The van der Waals surface area contributed by atoms with Crippen molar-refractivity contribution in [2.45, 2.75) is 18.5 Å². The number of carbonyl (C=O) groups is 3. The van der Waals surface area contributed by atoms with E-state index in [4.69, 9.17) is 0 Å². The van der Waals surface area contributed by atoms with Crippen molar-refractivity contribution in [2.24, 2.45) is 0 Å². The Kier molecular flexibility index (Phi) is 5.01. The lowest BCUT2D eigenvalue weighted by atomic mass is 10.00. The zero-order valence-electron chi connectivity index (χ0n) is 14.3. The standard InChI is InChI=1S/C17H21N3O4S/c1-19(9-12-3-5-13(6-4-12)14(21)24-2)11-20-15(22)17(18-16(20)23)7-8-25-10-17/h3-6H,7-11H2,1-2H3,(H,18,23)/t17-/m0/s1. The van der Waals surface area contributed by atoms with Crippen LogP contribution in [0.25, 0.3) is 0 Å². The lowest BCUT2D eigenvalue weighted by Crippen LogP contribution is -2.47. The summed E-state index contributed by atoms with van der Waals surface area (Å²) in [5.74, 6) is 1.03. The van der Waals surface area contributed by atoms with Crippen molar-refractivity contribution < 1.29 is 19.1 Å². The van der Waals surface area contributed by atoms with Crippen LogP contribution in [0.2, 0.25) is 0 Å². The summed E-state index contributed by atoms with van der Waals surface area (Å²) in [6.45, 7) is 0.788. The second kappa shape index (κ2) is 7.05. The lowest BCUT2D eigenvalue weighted by Gasteiger charge is -2.23. The molecule has 7 nitrogen and oxygen atoms in total. The first-order chi connectivity index (χ1) is 11.9. The molecule has 1 atom stereocenters. The first-order valence-corrected chi connectivity index (χ1v) is 9.18. The third-order valence-electron chi connectivity index (χ3n) is 4.48. The molecule has 0 radical (unpaired) electrons. The first-order valence-electron chi connectivity index (χ1n) is 8.03. The molecule has 3 amide bonds. The van der Waals surface area contributed by atoms with Gasteiger partial charge in [0.15, 0.2) is 0 Å². The molecule has 3 rings (SSSR count). The van der Waals surface area contributed by atoms with Gasteiger partial charge in [0, 0.05) is 12.3 Å². The van der Waals surface area contributed by atoms with Crippen LogP contribution in [0.1, 0.15) is 22.3 Å². The Balaban J connectivity index is 1.61. The van der Waals surface area contributed by atoms with Crippen LogP contribution in [-0.2, 0) is 16.1 Å². The number of hydrogen-bond acceptors (Lipinski definition) is 6. The van der Waals surface area contributed by atoms with Crippen molar-refractivity contribution in [3.63, 3.8) is 0 Å². The molecule has 1 aromatic rings. The highest BCUT2D eigenvalue weighted by Crippen LogP contribution is 2.33. The number of rotatable bonds is 5. The number of amides is 3. The number of methoxy groups -OCH3 is 1. The van der Waals surface area contributed by atoms with E-state index < -0.39 is 5.54 Å².